The van der Waals surface area contributed by atoms with Gasteiger partial charge in [-0.1, -0.05) is 6.42 Å². The highest BCUT2D eigenvalue weighted by molar-refractivity contribution is 5.77. The normalized spacial score (nSPS) is 25.3. The van der Waals surface area contributed by atoms with Crippen molar-refractivity contribution in [1.82, 2.24) is 10.3 Å². The van der Waals surface area contributed by atoms with Gasteiger partial charge in [-0.25, -0.2) is 5.84 Å². The fraction of sp³-hybridized carbons (Fsp3) is 0.875. The number of hydrogen-bond acceptors (Lipinski definition) is 3. The molecule has 1 amide bonds. The van der Waals surface area contributed by atoms with Crippen molar-refractivity contribution in [2.45, 2.75) is 32.2 Å². The van der Waals surface area contributed by atoms with Crippen LogP contribution >= 0.6 is 0 Å². The van der Waals surface area contributed by atoms with E-state index in [-0.39, 0.29) is 5.91 Å². The highest BCUT2D eigenvalue weighted by Gasteiger charge is 2.19. The van der Waals surface area contributed by atoms with Crippen molar-refractivity contribution < 1.29 is 4.79 Å². The molecule has 12 heavy (non-hydrogen) atoms. The number of nitrogens with one attached hydrogen (secondary N) is 1. The predicted octanol–water partition coefficient (Wildman–Crippen LogP) is -0.149. The summed E-state index contributed by atoms with van der Waals surface area (Å²) in [4.78, 5) is 13.1. The number of nitrogens with zero attached hydrogens (tertiary/aromatic N) is 1. The zero-order valence-corrected chi connectivity index (χ0v) is 7.55. The summed E-state index contributed by atoms with van der Waals surface area (Å²) in [5.74, 6) is 4.91. The molecule has 1 atom stereocenters. The third-order valence-corrected chi connectivity index (χ3v) is 2.45. The van der Waals surface area contributed by atoms with E-state index in [1.807, 2.05) is 0 Å². The number of carbonyl (C=O) groups excluding carboxylic acids is 1. The largest absolute Gasteiger partial charge is 0.293 e. The number of rotatable bonds is 2. The van der Waals surface area contributed by atoms with Crippen molar-refractivity contribution in [2.24, 2.45) is 5.84 Å². The molecule has 0 aromatic rings. The molecular weight excluding hydrogens is 154 g/mol. The fourth-order valence-electron chi connectivity index (χ4n) is 1.62. The Bertz CT molecular complexity index is 160. The molecule has 0 radical (unpaired) electrons. The Morgan fingerprint density at radius 3 is 3.00 bits per heavy atom. The van der Waals surface area contributed by atoms with E-state index in [9.17, 15) is 4.79 Å². The van der Waals surface area contributed by atoms with Gasteiger partial charge in [0.25, 0.3) is 0 Å². The first-order chi connectivity index (χ1) is 5.74. The van der Waals surface area contributed by atoms with Crippen LogP contribution in [0.3, 0.4) is 0 Å². The summed E-state index contributed by atoms with van der Waals surface area (Å²) in [6.07, 6.45) is 3.67. The molecule has 1 rings (SSSR count). The molecule has 0 bridgehead atoms. The molecule has 1 aliphatic rings. The third kappa shape index (κ3) is 2.46. The Morgan fingerprint density at radius 2 is 2.42 bits per heavy atom. The Hall–Kier alpha value is -0.610. The van der Waals surface area contributed by atoms with Crippen LogP contribution in [-0.4, -0.2) is 29.9 Å². The summed E-state index contributed by atoms with van der Waals surface area (Å²) in [5, 5.41) is 0. The molecule has 1 saturated heterocycles. The van der Waals surface area contributed by atoms with Crippen molar-refractivity contribution in [1.29, 1.82) is 0 Å². The molecule has 0 aromatic carbocycles. The Kier molecular flexibility index (Phi) is 3.49. The molecule has 0 aliphatic carbocycles. The van der Waals surface area contributed by atoms with Gasteiger partial charge in [0, 0.05) is 6.04 Å². The van der Waals surface area contributed by atoms with Crippen LogP contribution in [0.25, 0.3) is 0 Å². The van der Waals surface area contributed by atoms with Crippen LogP contribution in [0, 0.1) is 0 Å². The van der Waals surface area contributed by atoms with E-state index in [4.69, 9.17) is 5.84 Å². The van der Waals surface area contributed by atoms with E-state index < -0.39 is 0 Å². The Balaban J connectivity index is 2.33. The summed E-state index contributed by atoms with van der Waals surface area (Å²) in [7, 11) is 0. The first-order valence-electron chi connectivity index (χ1n) is 4.47. The molecule has 4 nitrogen and oxygen atoms in total. The number of hydrogen-bond donors (Lipinski definition) is 2. The van der Waals surface area contributed by atoms with Crippen LogP contribution in [0.2, 0.25) is 0 Å². The fourth-order valence-corrected chi connectivity index (χ4v) is 1.62. The van der Waals surface area contributed by atoms with Crippen molar-refractivity contribution in [3.8, 4) is 0 Å². The van der Waals surface area contributed by atoms with E-state index in [2.05, 4.69) is 17.2 Å². The molecule has 0 saturated carbocycles. The average Bonchev–Trinajstić information content (AvgIpc) is 2.09. The van der Waals surface area contributed by atoms with Gasteiger partial charge in [0.05, 0.1) is 6.54 Å². The zero-order chi connectivity index (χ0) is 8.97. The molecule has 1 fully saturated rings. The molecule has 0 spiro atoms. The summed E-state index contributed by atoms with van der Waals surface area (Å²) >= 11 is 0. The van der Waals surface area contributed by atoms with Crippen LogP contribution in [0.4, 0.5) is 0 Å². The predicted molar refractivity (Wildman–Crippen MR) is 47.2 cm³/mol. The van der Waals surface area contributed by atoms with Crippen molar-refractivity contribution in [2.75, 3.05) is 13.1 Å². The quantitative estimate of drug-likeness (QED) is 0.345. The van der Waals surface area contributed by atoms with Crippen LogP contribution in [0.1, 0.15) is 26.2 Å². The monoisotopic (exact) mass is 171 g/mol. The summed E-state index contributed by atoms with van der Waals surface area (Å²) in [5.41, 5.74) is 2.15. The molecule has 1 unspecified atom stereocenters. The van der Waals surface area contributed by atoms with Crippen LogP contribution in [-0.2, 0) is 4.79 Å². The number of carbonyl (C=O) groups is 1. The minimum atomic E-state index is -0.0937. The molecule has 0 aromatic heterocycles. The van der Waals surface area contributed by atoms with E-state index in [1.165, 1.54) is 19.3 Å². The standard InChI is InChI=1S/C8H17N3O/c1-7-4-2-3-5-11(7)6-8(12)10-9/h7H,2-6,9H2,1H3,(H,10,12). The second-order valence-electron chi connectivity index (χ2n) is 3.38. The number of amides is 1. The van der Waals surface area contributed by atoms with Crippen LogP contribution in [0.5, 0.6) is 0 Å². The number of hydrazine groups is 1. The highest BCUT2D eigenvalue weighted by atomic mass is 16.2. The summed E-state index contributed by atoms with van der Waals surface area (Å²) in [6, 6.07) is 0.524. The highest BCUT2D eigenvalue weighted by Crippen LogP contribution is 2.15. The molecular formula is C8H17N3O. The number of nitrogens with two attached hydrogens (primary N) is 1. The van der Waals surface area contributed by atoms with Gasteiger partial charge in [0.15, 0.2) is 0 Å². The molecule has 4 heteroatoms. The maximum atomic E-state index is 10.9. The van der Waals surface area contributed by atoms with Crippen molar-refractivity contribution >= 4 is 5.91 Å². The maximum Gasteiger partial charge on any atom is 0.248 e. The van der Waals surface area contributed by atoms with Gasteiger partial charge in [0.1, 0.15) is 0 Å². The van der Waals surface area contributed by atoms with Gasteiger partial charge in [-0.2, -0.15) is 0 Å². The average molecular weight is 171 g/mol. The van der Waals surface area contributed by atoms with Crippen LogP contribution < -0.4 is 11.3 Å². The summed E-state index contributed by atoms with van der Waals surface area (Å²) < 4.78 is 0. The lowest BCUT2D eigenvalue weighted by molar-refractivity contribution is -0.123. The number of likely N-dealkylation sites (tertiary alicyclic amines) is 1. The van der Waals surface area contributed by atoms with Gasteiger partial charge >= 0.3 is 0 Å². The van der Waals surface area contributed by atoms with Crippen LogP contribution in [0.15, 0.2) is 0 Å². The maximum absolute atomic E-state index is 10.9. The minimum Gasteiger partial charge on any atom is -0.293 e. The lowest BCUT2D eigenvalue weighted by atomic mass is 10.0. The molecule has 70 valence electrons. The SMILES string of the molecule is CC1CCCCN1CC(=O)NN. The van der Waals surface area contributed by atoms with E-state index >= 15 is 0 Å². The second-order valence-corrected chi connectivity index (χ2v) is 3.38. The summed E-state index contributed by atoms with van der Waals surface area (Å²) in [6.45, 7) is 3.62. The lowest BCUT2D eigenvalue weighted by Crippen LogP contribution is -2.45. The molecule has 3 N–H and O–H groups in total. The lowest BCUT2D eigenvalue weighted by Gasteiger charge is -2.32. The van der Waals surface area contributed by atoms with Gasteiger partial charge < -0.3 is 0 Å². The smallest absolute Gasteiger partial charge is 0.248 e. The van der Waals surface area contributed by atoms with E-state index in [0.717, 1.165) is 6.54 Å². The topological polar surface area (TPSA) is 58.4 Å². The van der Waals surface area contributed by atoms with Gasteiger partial charge in [-0.3, -0.25) is 15.1 Å². The first kappa shape index (κ1) is 9.48. The van der Waals surface area contributed by atoms with Crippen molar-refractivity contribution in [3.05, 3.63) is 0 Å². The zero-order valence-electron chi connectivity index (χ0n) is 7.55. The first-order valence-corrected chi connectivity index (χ1v) is 4.47. The minimum absolute atomic E-state index is 0.0937. The van der Waals surface area contributed by atoms with Crippen molar-refractivity contribution in [3.63, 3.8) is 0 Å². The van der Waals surface area contributed by atoms with Gasteiger partial charge in [0.2, 0.25) is 5.91 Å². The third-order valence-electron chi connectivity index (χ3n) is 2.45. The van der Waals surface area contributed by atoms with E-state index in [0.29, 0.717) is 12.6 Å². The van der Waals surface area contributed by atoms with Gasteiger partial charge in [-0.15, -0.1) is 0 Å². The Labute approximate surface area is 73.1 Å². The molecule has 1 heterocycles. The van der Waals surface area contributed by atoms with E-state index in [1.54, 1.807) is 0 Å². The Morgan fingerprint density at radius 1 is 1.67 bits per heavy atom. The molecule has 1 aliphatic heterocycles. The second kappa shape index (κ2) is 4.42. The van der Waals surface area contributed by atoms with Gasteiger partial charge in [-0.05, 0) is 26.3 Å². The number of piperidine rings is 1.